The summed E-state index contributed by atoms with van der Waals surface area (Å²) in [5.74, 6) is 0.579. The van der Waals surface area contributed by atoms with Gasteiger partial charge in [0.2, 0.25) is 5.91 Å². The van der Waals surface area contributed by atoms with Crippen LogP contribution in [0.15, 0.2) is 0 Å². The second kappa shape index (κ2) is 10.8. The lowest BCUT2D eigenvalue weighted by molar-refractivity contribution is -0.122. The molecule has 118 valence electrons. The molecule has 1 unspecified atom stereocenters. The van der Waals surface area contributed by atoms with Crippen LogP contribution in [0.3, 0.4) is 0 Å². The van der Waals surface area contributed by atoms with Gasteiger partial charge < -0.3 is 19.9 Å². The maximum absolute atomic E-state index is 11.8. The smallest absolute Gasteiger partial charge is 0.221 e. The molecule has 0 saturated carbocycles. The predicted octanol–water partition coefficient (Wildman–Crippen LogP) is 0.990. The van der Waals surface area contributed by atoms with Gasteiger partial charge in [0.15, 0.2) is 0 Å². The number of amides is 1. The topological polar surface area (TPSA) is 52.7 Å². The zero-order chi connectivity index (χ0) is 15.5. The molecule has 1 amide bonds. The maximum atomic E-state index is 11.8. The molecule has 0 bridgehead atoms. The van der Waals surface area contributed by atoms with Crippen LogP contribution in [0.2, 0.25) is 0 Å². The van der Waals surface area contributed by atoms with Crippen molar-refractivity contribution in [3.63, 3.8) is 0 Å². The molecule has 0 fully saturated rings. The average Bonchev–Trinajstić information content (AvgIpc) is 2.40. The van der Waals surface area contributed by atoms with Gasteiger partial charge in [-0.2, -0.15) is 0 Å². The van der Waals surface area contributed by atoms with E-state index < -0.39 is 0 Å². The summed E-state index contributed by atoms with van der Waals surface area (Å²) >= 11 is 0. The van der Waals surface area contributed by atoms with Crippen molar-refractivity contribution in [3.05, 3.63) is 0 Å². The summed E-state index contributed by atoms with van der Waals surface area (Å²) < 4.78 is 0. The summed E-state index contributed by atoms with van der Waals surface area (Å²) in [6, 6.07) is 0.224. The van der Waals surface area contributed by atoms with Gasteiger partial charge >= 0.3 is 0 Å². The molecule has 20 heavy (non-hydrogen) atoms. The summed E-state index contributed by atoms with van der Waals surface area (Å²) in [7, 11) is 4.03. The molecule has 1 N–H and O–H groups in total. The van der Waals surface area contributed by atoms with Crippen LogP contribution >= 0.6 is 0 Å². The lowest BCUT2D eigenvalue weighted by Crippen LogP contribution is -2.38. The van der Waals surface area contributed by atoms with Crippen LogP contribution in [0, 0.1) is 5.92 Å². The Morgan fingerprint density at radius 1 is 1.05 bits per heavy atom. The summed E-state index contributed by atoms with van der Waals surface area (Å²) in [6.45, 7) is 9.62. The van der Waals surface area contributed by atoms with Crippen LogP contribution in [-0.4, -0.2) is 68.3 Å². The molecule has 0 aromatic rings. The average molecular weight is 285 g/mol. The number of carbonyl (C=O) groups excluding carboxylic acids is 2. The molecule has 0 radical (unpaired) electrons. The van der Waals surface area contributed by atoms with Gasteiger partial charge in [0, 0.05) is 45.1 Å². The Hall–Kier alpha value is -0.940. The normalized spacial score (nSPS) is 13.0. The van der Waals surface area contributed by atoms with Crippen LogP contribution in [0.4, 0.5) is 0 Å². The number of nitrogens with one attached hydrogen (secondary N) is 1. The first-order valence-electron chi connectivity index (χ1n) is 7.47. The van der Waals surface area contributed by atoms with E-state index in [-0.39, 0.29) is 11.9 Å². The van der Waals surface area contributed by atoms with Gasteiger partial charge in [-0.1, -0.05) is 13.8 Å². The third-order valence-corrected chi connectivity index (χ3v) is 3.60. The monoisotopic (exact) mass is 285 g/mol. The predicted molar refractivity (Wildman–Crippen MR) is 82.7 cm³/mol. The Balaban J connectivity index is 3.73. The van der Waals surface area contributed by atoms with Crippen LogP contribution in [0.5, 0.6) is 0 Å². The van der Waals surface area contributed by atoms with Gasteiger partial charge in [-0.15, -0.1) is 0 Å². The van der Waals surface area contributed by atoms with Crippen molar-refractivity contribution in [1.29, 1.82) is 0 Å². The zero-order valence-electron chi connectivity index (χ0n) is 13.7. The Bertz CT molecular complexity index is 282. The van der Waals surface area contributed by atoms with Gasteiger partial charge in [-0.3, -0.25) is 4.79 Å². The van der Waals surface area contributed by atoms with Crippen molar-refractivity contribution in [2.45, 2.75) is 39.7 Å². The van der Waals surface area contributed by atoms with Crippen LogP contribution in [0.1, 0.15) is 33.6 Å². The van der Waals surface area contributed by atoms with Gasteiger partial charge in [-0.05, 0) is 26.9 Å². The zero-order valence-corrected chi connectivity index (χ0v) is 13.7. The number of nitrogens with zero attached hydrogens (tertiary/aromatic N) is 2. The molecule has 0 spiro atoms. The SMILES string of the molecule is CC(C)C(C)NC(=O)CCN(C)CCN(C)CCC=O. The molecule has 0 aliphatic heterocycles. The first-order chi connectivity index (χ1) is 9.36. The fourth-order valence-corrected chi connectivity index (χ4v) is 1.62. The lowest BCUT2D eigenvalue weighted by atomic mass is 10.1. The minimum atomic E-state index is 0.118. The second-order valence-corrected chi connectivity index (χ2v) is 5.91. The number of likely N-dealkylation sites (N-methyl/N-ethyl adjacent to an activating group) is 2. The van der Waals surface area contributed by atoms with E-state index in [0.29, 0.717) is 18.8 Å². The largest absolute Gasteiger partial charge is 0.353 e. The number of aldehydes is 1. The van der Waals surface area contributed by atoms with Crippen molar-refractivity contribution in [1.82, 2.24) is 15.1 Å². The molecule has 1 atom stereocenters. The molecule has 5 nitrogen and oxygen atoms in total. The van der Waals surface area contributed by atoms with Crippen molar-refractivity contribution < 1.29 is 9.59 Å². The van der Waals surface area contributed by atoms with E-state index in [1.54, 1.807) is 0 Å². The first kappa shape index (κ1) is 19.1. The van der Waals surface area contributed by atoms with E-state index in [1.165, 1.54) is 0 Å². The molecular formula is C15H31N3O2. The van der Waals surface area contributed by atoms with Gasteiger partial charge in [0.25, 0.3) is 0 Å². The first-order valence-corrected chi connectivity index (χ1v) is 7.47. The van der Waals surface area contributed by atoms with E-state index in [2.05, 4.69) is 29.0 Å². The Morgan fingerprint density at radius 3 is 2.10 bits per heavy atom. The summed E-state index contributed by atoms with van der Waals surface area (Å²) in [4.78, 5) is 26.3. The highest BCUT2D eigenvalue weighted by Crippen LogP contribution is 2.00. The number of carbonyl (C=O) groups is 2. The molecule has 0 heterocycles. The Kier molecular flexibility index (Phi) is 10.3. The van der Waals surface area contributed by atoms with Crippen LogP contribution in [0.25, 0.3) is 0 Å². The fourth-order valence-electron chi connectivity index (χ4n) is 1.62. The van der Waals surface area contributed by atoms with E-state index in [9.17, 15) is 9.59 Å². The van der Waals surface area contributed by atoms with Gasteiger partial charge in [0.05, 0.1) is 0 Å². The van der Waals surface area contributed by atoms with Crippen molar-refractivity contribution in [2.75, 3.05) is 40.3 Å². The minimum absolute atomic E-state index is 0.118. The second-order valence-electron chi connectivity index (χ2n) is 5.91. The van der Waals surface area contributed by atoms with Crippen LogP contribution < -0.4 is 5.32 Å². The third-order valence-electron chi connectivity index (χ3n) is 3.60. The molecule has 0 aromatic heterocycles. The van der Waals surface area contributed by atoms with E-state index in [4.69, 9.17) is 0 Å². The highest BCUT2D eigenvalue weighted by atomic mass is 16.1. The van der Waals surface area contributed by atoms with E-state index in [0.717, 1.165) is 32.5 Å². The standard InChI is InChI=1S/C15H31N3O2/c1-13(2)14(3)16-15(20)7-9-18(5)11-10-17(4)8-6-12-19/h12-14H,6-11H2,1-5H3,(H,16,20). The lowest BCUT2D eigenvalue weighted by Gasteiger charge is -2.22. The molecule has 0 rings (SSSR count). The maximum Gasteiger partial charge on any atom is 0.221 e. The molecular weight excluding hydrogens is 254 g/mol. The third kappa shape index (κ3) is 9.92. The minimum Gasteiger partial charge on any atom is -0.353 e. The summed E-state index contributed by atoms with van der Waals surface area (Å²) in [5.41, 5.74) is 0. The number of hydrogen-bond donors (Lipinski definition) is 1. The highest BCUT2D eigenvalue weighted by molar-refractivity contribution is 5.76. The van der Waals surface area contributed by atoms with Gasteiger partial charge in [0.1, 0.15) is 6.29 Å². The summed E-state index contributed by atoms with van der Waals surface area (Å²) in [5, 5.41) is 3.01. The molecule has 0 aliphatic carbocycles. The Labute approximate surface area is 123 Å². The van der Waals surface area contributed by atoms with E-state index in [1.807, 2.05) is 21.0 Å². The van der Waals surface area contributed by atoms with Crippen molar-refractivity contribution in [3.8, 4) is 0 Å². The summed E-state index contributed by atoms with van der Waals surface area (Å²) in [6.07, 6.45) is 2.06. The molecule has 0 aliphatic rings. The highest BCUT2D eigenvalue weighted by Gasteiger charge is 2.11. The number of rotatable bonds is 11. The van der Waals surface area contributed by atoms with Crippen molar-refractivity contribution in [2.24, 2.45) is 5.92 Å². The molecule has 0 saturated heterocycles. The number of hydrogen-bond acceptors (Lipinski definition) is 4. The fraction of sp³-hybridized carbons (Fsp3) is 0.867. The molecule has 5 heteroatoms. The van der Waals surface area contributed by atoms with Gasteiger partial charge in [-0.25, -0.2) is 0 Å². The van der Waals surface area contributed by atoms with E-state index >= 15 is 0 Å². The van der Waals surface area contributed by atoms with Crippen LogP contribution in [-0.2, 0) is 9.59 Å². The van der Waals surface area contributed by atoms with Crippen molar-refractivity contribution >= 4 is 12.2 Å². The molecule has 0 aromatic carbocycles. The Morgan fingerprint density at radius 2 is 1.60 bits per heavy atom. The quantitative estimate of drug-likeness (QED) is 0.575.